The van der Waals surface area contributed by atoms with Gasteiger partial charge in [0.25, 0.3) is 0 Å². The molecule has 26 heavy (non-hydrogen) atoms. The summed E-state index contributed by atoms with van der Waals surface area (Å²) in [6, 6.07) is 5.72. The minimum Gasteiger partial charge on any atom is -0.372 e. The summed E-state index contributed by atoms with van der Waals surface area (Å²) in [5, 5.41) is 4.16. The number of piperidine rings is 2. The summed E-state index contributed by atoms with van der Waals surface area (Å²) >= 11 is 6.25. The lowest BCUT2D eigenvalue weighted by atomic mass is 9.91. The van der Waals surface area contributed by atoms with E-state index >= 15 is 0 Å². The van der Waals surface area contributed by atoms with Crippen LogP contribution in [0.1, 0.15) is 46.5 Å². The first-order valence-corrected chi connectivity index (χ1v) is 10.4. The quantitative estimate of drug-likeness (QED) is 0.830. The fourth-order valence-corrected chi connectivity index (χ4v) is 4.62. The van der Waals surface area contributed by atoms with E-state index in [2.05, 4.69) is 30.1 Å². The number of likely N-dealkylation sites (tertiary alicyclic amines) is 1. The van der Waals surface area contributed by atoms with Gasteiger partial charge in [0.2, 0.25) is 5.91 Å². The molecule has 1 N–H and O–H groups in total. The molecule has 5 heteroatoms. The maximum absolute atomic E-state index is 13.0. The Labute approximate surface area is 162 Å². The number of carbonyl (C=O) groups excluding carboxylic acids is 1. The molecule has 3 rings (SSSR count). The van der Waals surface area contributed by atoms with Gasteiger partial charge >= 0.3 is 0 Å². The Bertz CT molecular complexity index is 620. The zero-order valence-corrected chi connectivity index (χ0v) is 17.1. The van der Waals surface area contributed by atoms with E-state index in [1.807, 2.05) is 24.0 Å². The van der Waals surface area contributed by atoms with Gasteiger partial charge in [-0.3, -0.25) is 4.79 Å². The van der Waals surface area contributed by atoms with Crippen LogP contribution >= 0.6 is 11.6 Å². The average molecular weight is 378 g/mol. The second-order valence-electron chi connectivity index (χ2n) is 8.26. The summed E-state index contributed by atoms with van der Waals surface area (Å²) in [7, 11) is 0. The van der Waals surface area contributed by atoms with Crippen molar-refractivity contribution in [3.63, 3.8) is 0 Å². The van der Waals surface area contributed by atoms with Crippen LogP contribution in [0.25, 0.3) is 0 Å². The molecule has 0 saturated carbocycles. The second kappa shape index (κ2) is 8.51. The van der Waals surface area contributed by atoms with Crippen molar-refractivity contribution in [2.24, 2.45) is 11.8 Å². The summed E-state index contributed by atoms with van der Waals surface area (Å²) in [4.78, 5) is 17.4. The molecular weight excluding hydrogens is 346 g/mol. The number of halogens is 1. The van der Waals surface area contributed by atoms with Crippen LogP contribution in [0.2, 0.25) is 5.02 Å². The highest BCUT2D eigenvalue weighted by molar-refractivity contribution is 6.31. The van der Waals surface area contributed by atoms with Crippen LogP contribution in [-0.4, -0.2) is 43.0 Å². The molecule has 144 valence electrons. The van der Waals surface area contributed by atoms with Gasteiger partial charge in [0.1, 0.15) is 6.04 Å². The third-order valence-corrected chi connectivity index (χ3v) is 5.81. The van der Waals surface area contributed by atoms with Crippen LogP contribution in [0.5, 0.6) is 0 Å². The van der Waals surface area contributed by atoms with Crippen molar-refractivity contribution in [2.45, 2.75) is 52.5 Å². The number of benzene rings is 1. The SMILES string of the molecule is C[C@@H]1C[C@H](C)CN(C(=O)[C@@H](C)Nc2cc(Cl)ccc2N2CCCCC2)C1. The molecule has 0 bridgehead atoms. The number of hydrogen-bond acceptors (Lipinski definition) is 3. The monoisotopic (exact) mass is 377 g/mol. The van der Waals surface area contributed by atoms with E-state index in [1.54, 1.807) is 0 Å². The lowest BCUT2D eigenvalue weighted by Gasteiger charge is -2.37. The summed E-state index contributed by atoms with van der Waals surface area (Å²) in [5.41, 5.74) is 2.13. The molecule has 0 unspecified atom stereocenters. The van der Waals surface area contributed by atoms with Gasteiger partial charge in [-0.1, -0.05) is 25.4 Å². The van der Waals surface area contributed by atoms with Gasteiger partial charge in [-0.25, -0.2) is 0 Å². The van der Waals surface area contributed by atoms with E-state index in [1.165, 1.54) is 25.7 Å². The van der Waals surface area contributed by atoms with Crippen molar-refractivity contribution >= 4 is 28.9 Å². The number of nitrogens with zero attached hydrogens (tertiary/aromatic N) is 2. The summed E-state index contributed by atoms with van der Waals surface area (Å²) in [6.45, 7) is 10.3. The van der Waals surface area contributed by atoms with E-state index in [0.717, 1.165) is 37.6 Å². The highest BCUT2D eigenvalue weighted by atomic mass is 35.5. The first kappa shape index (κ1) is 19.3. The number of anilines is 2. The van der Waals surface area contributed by atoms with Crippen molar-refractivity contribution in [3.8, 4) is 0 Å². The minimum absolute atomic E-state index is 0.188. The number of rotatable bonds is 4. The topological polar surface area (TPSA) is 35.6 Å². The molecule has 2 heterocycles. The van der Waals surface area contributed by atoms with Gasteiger partial charge in [-0.05, 0) is 62.6 Å². The number of carbonyl (C=O) groups is 1. The molecular formula is C21H32ClN3O. The van der Waals surface area contributed by atoms with E-state index in [-0.39, 0.29) is 11.9 Å². The van der Waals surface area contributed by atoms with E-state index in [4.69, 9.17) is 11.6 Å². The molecule has 2 fully saturated rings. The Balaban J connectivity index is 1.72. The van der Waals surface area contributed by atoms with Crippen molar-refractivity contribution in [1.82, 2.24) is 4.90 Å². The Morgan fingerprint density at radius 3 is 2.46 bits per heavy atom. The Morgan fingerprint density at radius 1 is 1.15 bits per heavy atom. The van der Waals surface area contributed by atoms with Gasteiger partial charge in [0.15, 0.2) is 0 Å². The normalized spacial score (nSPS) is 25.1. The van der Waals surface area contributed by atoms with E-state index in [9.17, 15) is 4.79 Å². The molecule has 2 aliphatic rings. The van der Waals surface area contributed by atoms with E-state index in [0.29, 0.717) is 16.9 Å². The van der Waals surface area contributed by atoms with Crippen LogP contribution in [0.4, 0.5) is 11.4 Å². The molecule has 0 aliphatic carbocycles. The van der Waals surface area contributed by atoms with Gasteiger partial charge in [0, 0.05) is 31.2 Å². The zero-order chi connectivity index (χ0) is 18.7. The van der Waals surface area contributed by atoms with Crippen LogP contribution in [0.3, 0.4) is 0 Å². The summed E-state index contributed by atoms with van der Waals surface area (Å²) in [5.74, 6) is 1.34. The third-order valence-electron chi connectivity index (χ3n) is 5.58. The largest absolute Gasteiger partial charge is 0.372 e. The van der Waals surface area contributed by atoms with Crippen molar-refractivity contribution in [3.05, 3.63) is 23.2 Å². The van der Waals surface area contributed by atoms with Gasteiger partial charge < -0.3 is 15.1 Å². The standard InChI is InChI=1S/C21H32ClN3O/c1-15-11-16(2)14-25(13-15)21(26)17(3)23-19-12-18(22)7-8-20(19)24-9-5-4-6-10-24/h7-8,12,15-17,23H,4-6,9-11,13-14H2,1-3H3/t15-,16+,17-/m1/s1. The smallest absolute Gasteiger partial charge is 0.244 e. The first-order valence-electron chi connectivity index (χ1n) is 10.0. The molecule has 1 aromatic rings. The number of nitrogens with one attached hydrogen (secondary N) is 1. The maximum atomic E-state index is 13.0. The van der Waals surface area contributed by atoms with Crippen LogP contribution in [0.15, 0.2) is 18.2 Å². The molecule has 1 amide bonds. The number of hydrogen-bond donors (Lipinski definition) is 1. The van der Waals surface area contributed by atoms with Crippen LogP contribution in [0, 0.1) is 11.8 Å². The highest BCUT2D eigenvalue weighted by Gasteiger charge is 2.28. The minimum atomic E-state index is -0.255. The first-order chi connectivity index (χ1) is 12.4. The molecule has 0 spiro atoms. The fourth-order valence-electron chi connectivity index (χ4n) is 4.45. The molecule has 0 aromatic heterocycles. The molecule has 3 atom stereocenters. The average Bonchev–Trinajstić information content (AvgIpc) is 2.61. The summed E-state index contributed by atoms with van der Waals surface area (Å²) in [6.07, 6.45) is 4.95. The Morgan fingerprint density at radius 2 is 1.81 bits per heavy atom. The van der Waals surface area contributed by atoms with Crippen molar-refractivity contribution in [2.75, 3.05) is 36.4 Å². The molecule has 2 saturated heterocycles. The predicted octanol–water partition coefficient (Wildman–Crippen LogP) is 4.64. The van der Waals surface area contributed by atoms with Crippen molar-refractivity contribution < 1.29 is 4.79 Å². The van der Waals surface area contributed by atoms with Crippen LogP contribution < -0.4 is 10.2 Å². The zero-order valence-electron chi connectivity index (χ0n) is 16.3. The molecule has 0 radical (unpaired) electrons. The van der Waals surface area contributed by atoms with Crippen LogP contribution in [-0.2, 0) is 4.79 Å². The number of amides is 1. The van der Waals surface area contributed by atoms with Gasteiger partial charge in [-0.15, -0.1) is 0 Å². The lowest BCUT2D eigenvalue weighted by Crippen LogP contribution is -2.48. The molecule has 1 aromatic carbocycles. The Kier molecular flexibility index (Phi) is 6.33. The maximum Gasteiger partial charge on any atom is 0.244 e. The molecule has 2 aliphatic heterocycles. The summed E-state index contributed by atoms with van der Waals surface area (Å²) < 4.78 is 0. The van der Waals surface area contributed by atoms with E-state index < -0.39 is 0 Å². The molecule has 4 nitrogen and oxygen atoms in total. The second-order valence-corrected chi connectivity index (χ2v) is 8.70. The van der Waals surface area contributed by atoms with Crippen molar-refractivity contribution in [1.29, 1.82) is 0 Å². The lowest BCUT2D eigenvalue weighted by molar-refractivity contribution is -0.134. The van der Waals surface area contributed by atoms with Gasteiger partial charge in [-0.2, -0.15) is 0 Å². The highest BCUT2D eigenvalue weighted by Crippen LogP contribution is 2.32. The fraction of sp³-hybridized carbons (Fsp3) is 0.667. The third kappa shape index (κ3) is 4.64. The van der Waals surface area contributed by atoms with Gasteiger partial charge in [0.05, 0.1) is 11.4 Å². The Hall–Kier alpha value is -1.42. The predicted molar refractivity (Wildman–Crippen MR) is 110 cm³/mol.